The number of aryl methyl sites for hydroxylation is 1. The van der Waals surface area contributed by atoms with E-state index in [1.54, 1.807) is 6.92 Å². The van der Waals surface area contributed by atoms with Gasteiger partial charge in [0.2, 0.25) is 11.6 Å². The highest BCUT2D eigenvalue weighted by Crippen LogP contribution is 2.32. The average Bonchev–Trinajstić information content (AvgIpc) is 3.05. The SMILES string of the molecule is Cc1ccccc1-c1noc([C@H](C)Oc2cc(F)ccc2[N+](=O)[O-])n1. The quantitative estimate of drug-likeness (QED) is 0.508. The molecule has 0 saturated heterocycles. The molecule has 1 heterocycles. The Bertz CT molecular complexity index is 926. The highest BCUT2D eigenvalue weighted by atomic mass is 19.1. The van der Waals surface area contributed by atoms with Gasteiger partial charge in [-0.15, -0.1) is 0 Å². The van der Waals surface area contributed by atoms with Crippen molar-refractivity contribution in [2.24, 2.45) is 0 Å². The van der Waals surface area contributed by atoms with Gasteiger partial charge in [-0.25, -0.2) is 4.39 Å². The first-order chi connectivity index (χ1) is 12.0. The first-order valence-electron chi connectivity index (χ1n) is 7.46. The summed E-state index contributed by atoms with van der Waals surface area (Å²) in [5, 5.41) is 14.9. The lowest BCUT2D eigenvalue weighted by Crippen LogP contribution is -2.05. The molecular weight excluding hydrogens is 329 g/mol. The van der Waals surface area contributed by atoms with E-state index >= 15 is 0 Å². The van der Waals surface area contributed by atoms with Gasteiger partial charge in [0.1, 0.15) is 5.82 Å². The summed E-state index contributed by atoms with van der Waals surface area (Å²) in [6.45, 7) is 3.51. The molecule has 0 aliphatic carbocycles. The second-order valence-corrected chi connectivity index (χ2v) is 5.40. The summed E-state index contributed by atoms with van der Waals surface area (Å²) in [5.74, 6) is -0.318. The molecular formula is C17H14FN3O4. The molecule has 3 rings (SSSR count). The standard InChI is InChI=1S/C17H14FN3O4/c1-10-5-3-4-6-13(10)16-19-17(25-20-16)11(2)24-15-9-12(18)7-8-14(15)21(22)23/h3-9,11H,1-2H3/t11-/m0/s1. The van der Waals surface area contributed by atoms with Crippen molar-refractivity contribution < 1.29 is 18.6 Å². The van der Waals surface area contributed by atoms with E-state index in [9.17, 15) is 14.5 Å². The fraction of sp³-hybridized carbons (Fsp3) is 0.176. The number of nitro groups is 1. The maximum Gasteiger partial charge on any atom is 0.311 e. The summed E-state index contributed by atoms with van der Waals surface area (Å²) < 4.78 is 24.0. The van der Waals surface area contributed by atoms with Crippen molar-refractivity contribution in [1.29, 1.82) is 0 Å². The monoisotopic (exact) mass is 343 g/mol. The minimum atomic E-state index is -0.786. The molecule has 0 N–H and O–H groups in total. The smallest absolute Gasteiger partial charge is 0.311 e. The van der Waals surface area contributed by atoms with Gasteiger partial charge in [0.15, 0.2) is 6.10 Å². The number of rotatable bonds is 5. The van der Waals surface area contributed by atoms with Crippen molar-refractivity contribution in [3.05, 3.63) is 69.9 Å². The number of nitrogens with zero attached hydrogens (tertiary/aromatic N) is 3. The number of halogens is 1. The molecule has 0 radical (unpaired) electrons. The number of hydrogen-bond acceptors (Lipinski definition) is 6. The van der Waals surface area contributed by atoms with Gasteiger partial charge >= 0.3 is 5.69 Å². The van der Waals surface area contributed by atoms with E-state index in [4.69, 9.17) is 9.26 Å². The predicted molar refractivity (Wildman–Crippen MR) is 86.6 cm³/mol. The normalized spacial score (nSPS) is 12.0. The van der Waals surface area contributed by atoms with Crippen LogP contribution in [0.1, 0.15) is 24.5 Å². The van der Waals surface area contributed by atoms with Gasteiger partial charge in [0, 0.05) is 17.7 Å². The summed E-state index contributed by atoms with van der Waals surface area (Å²) >= 11 is 0. The van der Waals surface area contributed by atoms with Crippen LogP contribution in [0.15, 0.2) is 47.0 Å². The van der Waals surface area contributed by atoms with Gasteiger partial charge in [0.25, 0.3) is 5.89 Å². The van der Waals surface area contributed by atoms with Crippen LogP contribution >= 0.6 is 0 Å². The molecule has 1 aromatic heterocycles. The molecule has 2 aromatic carbocycles. The molecule has 8 heteroatoms. The number of benzene rings is 2. The zero-order chi connectivity index (χ0) is 18.0. The molecule has 0 amide bonds. The molecule has 1 atom stereocenters. The molecule has 0 aliphatic heterocycles. The van der Waals surface area contributed by atoms with Crippen molar-refractivity contribution >= 4 is 5.69 Å². The van der Waals surface area contributed by atoms with Crippen LogP contribution < -0.4 is 4.74 Å². The fourth-order valence-electron chi connectivity index (χ4n) is 2.31. The second-order valence-electron chi connectivity index (χ2n) is 5.40. The van der Waals surface area contributed by atoms with Gasteiger partial charge in [0.05, 0.1) is 4.92 Å². The van der Waals surface area contributed by atoms with Crippen molar-refractivity contribution in [1.82, 2.24) is 10.1 Å². The van der Waals surface area contributed by atoms with Crippen molar-refractivity contribution in [2.45, 2.75) is 20.0 Å². The third-order valence-electron chi connectivity index (χ3n) is 3.60. The van der Waals surface area contributed by atoms with Gasteiger partial charge in [-0.3, -0.25) is 10.1 Å². The lowest BCUT2D eigenvalue weighted by atomic mass is 10.1. The molecule has 0 bridgehead atoms. The van der Waals surface area contributed by atoms with Gasteiger partial charge in [-0.2, -0.15) is 4.98 Å². The lowest BCUT2D eigenvalue weighted by molar-refractivity contribution is -0.386. The van der Waals surface area contributed by atoms with Crippen LogP contribution in [0.25, 0.3) is 11.4 Å². The lowest BCUT2D eigenvalue weighted by Gasteiger charge is -2.10. The van der Waals surface area contributed by atoms with Gasteiger partial charge in [-0.1, -0.05) is 29.4 Å². The van der Waals surface area contributed by atoms with Crippen molar-refractivity contribution in [3.63, 3.8) is 0 Å². The summed E-state index contributed by atoms with van der Waals surface area (Å²) in [5.41, 5.74) is 1.44. The van der Waals surface area contributed by atoms with Crippen LogP contribution in [0.4, 0.5) is 10.1 Å². The first kappa shape index (κ1) is 16.6. The van der Waals surface area contributed by atoms with E-state index in [1.165, 1.54) is 0 Å². The largest absolute Gasteiger partial charge is 0.474 e. The molecule has 0 aliphatic rings. The third-order valence-corrected chi connectivity index (χ3v) is 3.60. The van der Waals surface area contributed by atoms with E-state index in [1.807, 2.05) is 31.2 Å². The van der Waals surface area contributed by atoms with Crippen LogP contribution in [0, 0.1) is 22.9 Å². The Morgan fingerprint density at radius 1 is 1.28 bits per heavy atom. The molecule has 25 heavy (non-hydrogen) atoms. The second kappa shape index (κ2) is 6.68. The van der Waals surface area contributed by atoms with E-state index in [0.29, 0.717) is 5.82 Å². The number of nitro benzene ring substituents is 1. The molecule has 0 fully saturated rings. The highest BCUT2D eigenvalue weighted by molar-refractivity contribution is 5.59. The Labute approximate surface area is 142 Å². The Balaban J connectivity index is 1.86. The van der Waals surface area contributed by atoms with E-state index < -0.39 is 16.8 Å². The maximum atomic E-state index is 13.4. The van der Waals surface area contributed by atoms with Crippen molar-refractivity contribution in [2.75, 3.05) is 0 Å². The molecule has 3 aromatic rings. The average molecular weight is 343 g/mol. The summed E-state index contributed by atoms with van der Waals surface area (Å²) in [6, 6.07) is 10.5. The number of hydrogen-bond donors (Lipinski definition) is 0. The summed E-state index contributed by atoms with van der Waals surface area (Å²) in [6.07, 6.45) is -0.786. The first-order valence-corrected chi connectivity index (χ1v) is 7.46. The zero-order valence-electron chi connectivity index (χ0n) is 13.5. The summed E-state index contributed by atoms with van der Waals surface area (Å²) in [4.78, 5) is 14.7. The molecule has 128 valence electrons. The minimum Gasteiger partial charge on any atom is -0.474 e. The predicted octanol–water partition coefficient (Wildman–Crippen LogP) is 4.23. The Morgan fingerprint density at radius 2 is 2.04 bits per heavy atom. The van der Waals surface area contributed by atoms with Gasteiger partial charge in [-0.05, 0) is 25.5 Å². The Hall–Kier alpha value is -3.29. The van der Waals surface area contributed by atoms with Crippen LogP contribution in [-0.4, -0.2) is 15.1 Å². The molecule has 0 saturated carbocycles. The third kappa shape index (κ3) is 3.47. The molecule has 0 spiro atoms. The Morgan fingerprint density at radius 3 is 2.76 bits per heavy atom. The molecule has 0 unspecified atom stereocenters. The van der Waals surface area contributed by atoms with E-state index in [-0.39, 0.29) is 17.3 Å². The van der Waals surface area contributed by atoms with Crippen LogP contribution in [0.2, 0.25) is 0 Å². The molecule has 7 nitrogen and oxygen atoms in total. The topological polar surface area (TPSA) is 91.3 Å². The number of aromatic nitrogens is 2. The fourth-order valence-corrected chi connectivity index (χ4v) is 2.31. The highest BCUT2D eigenvalue weighted by Gasteiger charge is 2.22. The van der Waals surface area contributed by atoms with Crippen LogP contribution in [-0.2, 0) is 0 Å². The van der Waals surface area contributed by atoms with E-state index in [2.05, 4.69) is 10.1 Å². The Kier molecular flexibility index (Phi) is 4.42. The minimum absolute atomic E-state index is 0.136. The van der Waals surface area contributed by atoms with E-state index in [0.717, 1.165) is 29.3 Å². The van der Waals surface area contributed by atoms with Gasteiger partial charge < -0.3 is 9.26 Å². The number of ether oxygens (including phenoxy) is 1. The van der Waals surface area contributed by atoms with Crippen LogP contribution in [0.3, 0.4) is 0 Å². The summed E-state index contributed by atoms with van der Waals surface area (Å²) in [7, 11) is 0. The van der Waals surface area contributed by atoms with Crippen molar-refractivity contribution in [3.8, 4) is 17.1 Å². The van der Waals surface area contributed by atoms with Crippen LogP contribution in [0.5, 0.6) is 5.75 Å². The maximum absolute atomic E-state index is 13.4. The zero-order valence-corrected chi connectivity index (χ0v) is 13.5.